The fraction of sp³-hybridized carbons (Fsp3) is 0.500. The van der Waals surface area contributed by atoms with Gasteiger partial charge >= 0.3 is 12.2 Å². The summed E-state index contributed by atoms with van der Waals surface area (Å²) >= 11 is 0. The summed E-state index contributed by atoms with van der Waals surface area (Å²) in [6.07, 6.45) is -2.44. The van der Waals surface area contributed by atoms with Crippen LogP contribution < -0.4 is 10.6 Å². The quantitative estimate of drug-likeness (QED) is 0.882. The molecule has 1 saturated heterocycles. The Labute approximate surface area is 121 Å². The van der Waals surface area contributed by atoms with Crippen LogP contribution in [0.25, 0.3) is 0 Å². The van der Waals surface area contributed by atoms with Gasteiger partial charge in [0.25, 0.3) is 0 Å². The molecule has 0 radical (unpaired) electrons. The lowest BCUT2D eigenvalue weighted by atomic mass is 10.1. The maximum absolute atomic E-state index is 12.4. The van der Waals surface area contributed by atoms with Crippen LogP contribution in [0.5, 0.6) is 0 Å². The molecule has 0 bridgehead atoms. The first-order valence-electron chi connectivity index (χ1n) is 6.78. The summed E-state index contributed by atoms with van der Waals surface area (Å²) in [6.45, 7) is 1.79. The van der Waals surface area contributed by atoms with E-state index < -0.39 is 17.8 Å². The Balaban J connectivity index is 1.87. The molecular weight excluding hydrogens is 283 g/mol. The summed E-state index contributed by atoms with van der Waals surface area (Å²) in [7, 11) is 1.99. The second kappa shape index (κ2) is 6.34. The van der Waals surface area contributed by atoms with Gasteiger partial charge < -0.3 is 15.5 Å². The summed E-state index contributed by atoms with van der Waals surface area (Å²) in [6, 6.07) is 4.06. The topological polar surface area (TPSA) is 44.4 Å². The average Bonchev–Trinajstić information content (AvgIpc) is 2.38. The largest absolute Gasteiger partial charge is 0.416 e. The van der Waals surface area contributed by atoms with Gasteiger partial charge in [-0.25, -0.2) is 4.79 Å². The third kappa shape index (κ3) is 4.63. The number of amides is 2. The highest BCUT2D eigenvalue weighted by Gasteiger charge is 2.30. The lowest BCUT2D eigenvalue weighted by Gasteiger charge is -2.30. The second-order valence-electron chi connectivity index (χ2n) is 5.27. The summed E-state index contributed by atoms with van der Waals surface area (Å²) < 4.78 is 37.3. The molecule has 0 spiro atoms. The minimum absolute atomic E-state index is 0.0678. The number of anilines is 1. The van der Waals surface area contributed by atoms with Crippen LogP contribution in [-0.4, -0.2) is 37.1 Å². The van der Waals surface area contributed by atoms with Gasteiger partial charge in [-0.15, -0.1) is 0 Å². The van der Waals surface area contributed by atoms with Crippen molar-refractivity contribution in [1.29, 1.82) is 0 Å². The summed E-state index contributed by atoms with van der Waals surface area (Å²) in [5.74, 6) is 0. The number of nitrogens with one attached hydrogen (secondary N) is 2. The molecule has 1 aromatic rings. The molecule has 1 aliphatic rings. The Morgan fingerprint density at radius 3 is 2.52 bits per heavy atom. The first kappa shape index (κ1) is 15.6. The number of halogens is 3. The molecular formula is C14H18F3N3O. The van der Waals surface area contributed by atoms with E-state index >= 15 is 0 Å². The van der Waals surface area contributed by atoms with Crippen LogP contribution in [0, 0.1) is 0 Å². The van der Waals surface area contributed by atoms with Crippen LogP contribution in [-0.2, 0) is 6.18 Å². The van der Waals surface area contributed by atoms with Crippen LogP contribution in [0.3, 0.4) is 0 Å². The zero-order valence-electron chi connectivity index (χ0n) is 11.7. The highest BCUT2D eigenvalue weighted by atomic mass is 19.4. The van der Waals surface area contributed by atoms with E-state index in [2.05, 4.69) is 15.5 Å². The van der Waals surface area contributed by atoms with E-state index in [1.54, 1.807) is 0 Å². The number of benzene rings is 1. The Hall–Kier alpha value is -1.76. The number of likely N-dealkylation sites (tertiary alicyclic amines) is 1. The molecule has 0 unspecified atom stereocenters. The smallest absolute Gasteiger partial charge is 0.334 e. The Kier molecular flexibility index (Phi) is 4.72. The van der Waals surface area contributed by atoms with Crippen LogP contribution >= 0.6 is 0 Å². The molecule has 1 heterocycles. The molecule has 21 heavy (non-hydrogen) atoms. The molecule has 1 atom stereocenters. The molecule has 7 heteroatoms. The van der Waals surface area contributed by atoms with Crippen molar-refractivity contribution in [3.63, 3.8) is 0 Å². The minimum Gasteiger partial charge on any atom is -0.334 e. The Morgan fingerprint density at radius 2 is 1.95 bits per heavy atom. The monoisotopic (exact) mass is 301 g/mol. The van der Waals surface area contributed by atoms with Gasteiger partial charge in [-0.05, 0) is 50.7 Å². The van der Waals surface area contributed by atoms with Gasteiger partial charge in [0.05, 0.1) is 5.56 Å². The van der Waals surface area contributed by atoms with E-state index in [4.69, 9.17) is 0 Å². The molecule has 1 fully saturated rings. The lowest BCUT2D eigenvalue weighted by molar-refractivity contribution is -0.137. The van der Waals surface area contributed by atoms with Crippen LogP contribution in [0.1, 0.15) is 18.4 Å². The molecule has 1 aromatic carbocycles. The number of nitrogens with zero attached hydrogens (tertiary/aromatic N) is 1. The highest BCUT2D eigenvalue weighted by molar-refractivity contribution is 5.89. The third-order valence-corrected chi connectivity index (χ3v) is 3.43. The molecule has 0 aliphatic carbocycles. The molecule has 2 N–H and O–H groups in total. The van der Waals surface area contributed by atoms with Crippen LogP contribution in [0.15, 0.2) is 24.3 Å². The number of hydrogen-bond acceptors (Lipinski definition) is 2. The Bertz CT molecular complexity index is 487. The molecule has 116 valence electrons. The predicted molar refractivity (Wildman–Crippen MR) is 74.1 cm³/mol. The second-order valence-corrected chi connectivity index (χ2v) is 5.27. The van der Waals surface area contributed by atoms with E-state index in [0.29, 0.717) is 5.69 Å². The molecule has 1 aliphatic heterocycles. The zero-order chi connectivity index (χ0) is 15.5. The molecule has 2 rings (SSSR count). The van der Waals surface area contributed by atoms with Gasteiger partial charge in [0.1, 0.15) is 0 Å². The lowest BCUT2D eigenvalue weighted by Crippen LogP contribution is -2.47. The van der Waals surface area contributed by atoms with E-state index in [-0.39, 0.29) is 6.04 Å². The van der Waals surface area contributed by atoms with Gasteiger partial charge in [0.2, 0.25) is 0 Å². The van der Waals surface area contributed by atoms with Gasteiger partial charge in [0, 0.05) is 18.3 Å². The van der Waals surface area contributed by atoms with Gasteiger partial charge in [-0.3, -0.25) is 0 Å². The Morgan fingerprint density at radius 1 is 1.29 bits per heavy atom. The average molecular weight is 301 g/mol. The zero-order valence-corrected chi connectivity index (χ0v) is 11.7. The normalized spacial score (nSPS) is 20.1. The summed E-state index contributed by atoms with van der Waals surface area (Å²) in [5, 5.41) is 5.38. The fourth-order valence-corrected chi connectivity index (χ4v) is 2.38. The number of rotatable bonds is 2. The number of hydrogen-bond donors (Lipinski definition) is 2. The van der Waals surface area contributed by atoms with E-state index in [9.17, 15) is 18.0 Å². The van der Waals surface area contributed by atoms with Crippen molar-refractivity contribution in [1.82, 2.24) is 10.2 Å². The van der Waals surface area contributed by atoms with Gasteiger partial charge in [-0.1, -0.05) is 0 Å². The van der Waals surface area contributed by atoms with Crippen LogP contribution in [0.4, 0.5) is 23.7 Å². The standard InChI is InChI=1S/C14H18F3N3O/c1-20-8-2-3-12(9-20)19-13(21)18-11-6-4-10(5-7-11)14(15,16)17/h4-7,12H,2-3,8-9H2,1H3,(H2,18,19,21)/t12-/m1/s1. The number of urea groups is 1. The molecule has 0 saturated carbocycles. The van der Waals surface area contributed by atoms with E-state index in [0.717, 1.165) is 38.1 Å². The predicted octanol–water partition coefficient (Wildman–Crippen LogP) is 2.92. The third-order valence-electron chi connectivity index (χ3n) is 3.43. The first-order valence-corrected chi connectivity index (χ1v) is 6.78. The SMILES string of the molecule is CN1CCC[C@@H](NC(=O)Nc2ccc(C(F)(F)F)cc2)C1. The van der Waals surface area contributed by atoms with E-state index in [1.807, 2.05) is 7.05 Å². The van der Waals surface area contributed by atoms with Gasteiger partial charge in [-0.2, -0.15) is 13.2 Å². The van der Waals surface area contributed by atoms with E-state index in [1.165, 1.54) is 12.1 Å². The van der Waals surface area contributed by atoms with Crippen molar-refractivity contribution in [2.75, 3.05) is 25.5 Å². The summed E-state index contributed by atoms with van der Waals surface area (Å²) in [5.41, 5.74) is -0.396. The number of carbonyl (C=O) groups excluding carboxylic acids is 1. The number of piperidine rings is 1. The van der Waals surface area contributed by atoms with Crippen molar-refractivity contribution >= 4 is 11.7 Å². The van der Waals surface area contributed by atoms with Crippen LogP contribution in [0.2, 0.25) is 0 Å². The highest BCUT2D eigenvalue weighted by Crippen LogP contribution is 2.29. The van der Waals surface area contributed by atoms with Crippen molar-refractivity contribution in [2.45, 2.75) is 25.1 Å². The minimum atomic E-state index is -4.37. The number of likely N-dealkylation sites (N-methyl/N-ethyl adjacent to an activating group) is 1. The number of carbonyl (C=O) groups is 1. The van der Waals surface area contributed by atoms with Crippen molar-refractivity contribution in [3.8, 4) is 0 Å². The van der Waals surface area contributed by atoms with Crippen molar-refractivity contribution < 1.29 is 18.0 Å². The fourth-order valence-electron chi connectivity index (χ4n) is 2.38. The maximum Gasteiger partial charge on any atom is 0.416 e. The molecule has 2 amide bonds. The molecule has 4 nitrogen and oxygen atoms in total. The maximum atomic E-state index is 12.4. The summed E-state index contributed by atoms with van der Waals surface area (Å²) in [4.78, 5) is 13.9. The molecule has 0 aromatic heterocycles. The number of alkyl halides is 3. The van der Waals surface area contributed by atoms with Crippen molar-refractivity contribution in [3.05, 3.63) is 29.8 Å². The first-order chi connectivity index (χ1) is 9.84. The van der Waals surface area contributed by atoms with Crippen molar-refractivity contribution in [2.24, 2.45) is 0 Å². The van der Waals surface area contributed by atoms with Gasteiger partial charge in [0.15, 0.2) is 0 Å².